The quantitative estimate of drug-likeness (QED) is 0.233. The summed E-state index contributed by atoms with van der Waals surface area (Å²) in [6, 6.07) is 14.9. The Morgan fingerprint density at radius 2 is 1.64 bits per heavy atom. The van der Waals surface area contributed by atoms with Gasteiger partial charge in [-0.1, -0.05) is 12.1 Å². The van der Waals surface area contributed by atoms with Crippen molar-refractivity contribution in [2.24, 2.45) is 13.0 Å². The predicted molar refractivity (Wildman–Crippen MR) is 221 cm³/mol. The summed E-state index contributed by atoms with van der Waals surface area (Å²) in [5, 5.41) is 11.3. The molecule has 6 heterocycles. The molecule has 2 saturated heterocycles. The van der Waals surface area contributed by atoms with E-state index in [1.807, 2.05) is 24.3 Å². The maximum Gasteiger partial charge on any atom is 0.329 e. The number of piperidine rings is 2. The van der Waals surface area contributed by atoms with Gasteiger partial charge in [-0.15, -0.1) is 0 Å². The van der Waals surface area contributed by atoms with Gasteiger partial charge in [0.25, 0.3) is 5.91 Å². The number of hydrogen-bond acceptors (Lipinski definition) is 11. The lowest BCUT2D eigenvalue weighted by atomic mass is 9.85. The number of amides is 3. The summed E-state index contributed by atoms with van der Waals surface area (Å²) in [5.74, 6) is 0.446. The van der Waals surface area contributed by atoms with Gasteiger partial charge in [0.2, 0.25) is 17.7 Å². The molecule has 5 aromatic rings. The number of nitrogens with one attached hydrogen (secondary N) is 2. The standard InChI is InChI=1S/C43H51N9O7/c1-48(29-15-17-50(18-16-29)34-6-4-7-35-40(34)49(2)43(56)52(35)36-13-14-38(53)46-42(36)55)25-27-9-11-30(12-10-27)51-26-28-23-33-37(24-32(28)47-51)58-21-19-57-20-22-59-39-8-3-5-31(44-39)41(54)45-33/h3-8,23-24,26-27,29-30,36H,9-22,25H2,1-2H3,(H,45,54)(H,46,53,55). The zero-order valence-corrected chi connectivity index (χ0v) is 33.6. The molecule has 1 saturated carbocycles. The SMILES string of the molecule is CN(CC1CCC(n2cc3cc4c(cc3n2)OCCOCCOc2cccc(n2)C(=O)N4)CC1)C1CCN(c2cccc3c2n(C)c(=O)n3C2CCC(=O)NC2=O)CC1. The highest BCUT2D eigenvalue weighted by molar-refractivity contribution is 6.05. The average molecular weight is 806 g/mol. The Labute approximate surface area is 341 Å². The Morgan fingerprint density at radius 1 is 0.864 bits per heavy atom. The zero-order chi connectivity index (χ0) is 40.6. The fourth-order valence-electron chi connectivity index (χ4n) is 9.40. The Balaban J connectivity index is 0.814. The van der Waals surface area contributed by atoms with Crippen molar-refractivity contribution in [3.8, 4) is 11.6 Å². The number of ether oxygens (including phenoxy) is 3. The van der Waals surface area contributed by atoms with E-state index in [0.717, 1.165) is 85.8 Å². The van der Waals surface area contributed by atoms with Gasteiger partial charge in [-0.05, 0) is 82.2 Å². The van der Waals surface area contributed by atoms with Crippen molar-refractivity contribution in [2.45, 2.75) is 69.5 Å². The van der Waals surface area contributed by atoms with Gasteiger partial charge >= 0.3 is 5.69 Å². The lowest BCUT2D eigenvalue weighted by Gasteiger charge is -2.40. The maximum atomic E-state index is 13.5. The number of anilines is 2. The van der Waals surface area contributed by atoms with E-state index in [1.54, 1.807) is 34.4 Å². The first-order valence-electron chi connectivity index (χ1n) is 20.8. The van der Waals surface area contributed by atoms with Crippen LogP contribution in [0, 0.1) is 5.92 Å². The second-order valence-electron chi connectivity index (χ2n) is 16.3. The number of pyridine rings is 1. The number of aromatic nitrogens is 5. The van der Waals surface area contributed by atoms with Crippen LogP contribution in [-0.2, 0) is 21.4 Å². The molecule has 1 atom stereocenters. The molecule has 9 rings (SSSR count). The molecule has 0 radical (unpaired) electrons. The number of para-hydroxylation sites is 1. The summed E-state index contributed by atoms with van der Waals surface area (Å²) in [5.41, 5.74) is 3.91. The molecule has 2 N–H and O–H groups in total. The summed E-state index contributed by atoms with van der Waals surface area (Å²) in [6.45, 7) is 4.19. The van der Waals surface area contributed by atoms with Crippen LogP contribution in [0.4, 0.5) is 11.4 Å². The third-order valence-electron chi connectivity index (χ3n) is 12.6. The molecule has 4 aliphatic rings. The van der Waals surface area contributed by atoms with E-state index in [0.29, 0.717) is 68.2 Å². The van der Waals surface area contributed by atoms with Crippen LogP contribution in [0.15, 0.2) is 59.5 Å². The van der Waals surface area contributed by atoms with Crippen LogP contribution in [0.5, 0.6) is 11.6 Å². The van der Waals surface area contributed by atoms with Crippen molar-refractivity contribution in [1.82, 2.24) is 34.1 Å². The van der Waals surface area contributed by atoms with Crippen molar-refractivity contribution in [3.05, 3.63) is 70.9 Å². The first kappa shape index (κ1) is 38.8. The fourth-order valence-corrected chi connectivity index (χ4v) is 9.40. The third-order valence-corrected chi connectivity index (χ3v) is 12.6. The van der Waals surface area contributed by atoms with Crippen molar-refractivity contribution in [3.63, 3.8) is 0 Å². The molecule has 2 aromatic carbocycles. The Morgan fingerprint density at radius 3 is 2.44 bits per heavy atom. The van der Waals surface area contributed by atoms with Gasteiger partial charge in [-0.3, -0.25) is 33.5 Å². The molecule has 1 unspecified atom stereocenters. The minimum absolute atomic E-state index is 0.215. The van der Waals surface area contributed by atoms with Gasteiger partial charge in [0.15, 0.2) is 0 Å². The topological polar surface area (TPSA) is 167 Å². The molecule has 3 aliphatic heterocycles. The summed E-state index contributed by atoms with van der Waals surface area (Å²) in [4.78, 5) is 60.5. The van der Waals surface area contributed by atoms with E-state index in [-0.39, 0.29) is 29.6 Å². The smallest absolute Gasteiger partial charge is 0.329 e. The number of benzene rings is 2. The monoisotopic (exact) mass is 805 g/mol. The number of rotatable bonds is 6. The summed E-state index contributed by atoms with van der Waals surface area (Å²) < 4.78 is 22.7. The highest BCUT2D eigenvalue weighted by Crippen LogP contribution is 2.37. The largest absolute Gasteiger partial charge is 0.489 e. The summed E-state index contributed by atoms with van der Waals surface area (Å²) in [7, 11) is 4.02. The number of aryl methyl sites for hydroxylation is 1. The van der Waals surface area contributed by atoms with Crippen molar-refractivity contribution >= 4 is 51.0 Å². The molecule has 59 heavy (non-hydrogen) atoms. The normalized spacial score (nSPS) is 22.4. The first-order chi connectivity index (χ1) is 28.7. The van der Waals surface area contributed by atoms with Crippen LogP contribution in [0.3, 0.4) is 0 Å². The maximum absolute atomic E-state index is 13.5. The molecule has 16 heteroatoms. The van der Waals surface area contributed by atoms with Crippen molar-refractivity contribution < 1.29 is 28.6 Å². The zero-order valence-electron chi connectivity index (χ0n) is 33.6. The van der Waals surface area contributed by atoms with Gasteiger partial charge in [-0.2, -0.15) is 5.10 Å². The first-order valence-corrected chi connectivity index (χ1v) is 20.8. The second-order valence-corrected chi connectivity index (χ2v) is 16.3. The third kappa shape index (κ3) is 7.90. The average Bonchev–Trinajstić information content (AvgIpc) is 3.77. The number of carbonyl (C=O) groups is 3. The van der Waals surface area contributed by atoms with E-state index in [1.165, 1.54) is 0 Å². The Bertz CT molecular complexity index is 2440. The van der Waals surface area contributed by atoms with E-state index in [2.05, 4.69) is 49.4 Å². The molecule has 3 amide bonds. The van der Waals surface area contributed by atoms with Gasteiger partial charge < -0.3 is 29.3 Å². The summed E-state index contributed by atoms with van der Waals surface area (Å²) >= 11 is 0. The van der Waals surface area contributed by atoms with Crippen LogP contribution in [0.2, 0.25) is 0 Å². The van der Waals surface area contributed by atoms with Gasteiger partial charge in [0.1, 0.15) is 30.7 Å². The Hall–Kier alpha value is -5.74. The molecule has 0 spiro atoms. The number of carbonyl (C=O) groups excluding carboxylic acids is 3. The van der Waals surface area contributed by atoms with Crippen LogP contribution in [0.1, 0.15) is 73.9 Å². The minimum Gasteiger partial charge on any atom is -0.489 e. The predicted octanol–water partition coefficient (Wildman–Crippen LogP) is 4.43. The molecule has 2 bridgehead atoms. The van der Waals surface area contributed by atoms with Crippen molar-refractivity contribution in [1.29, 1.82) is 0 Å². The lowest BCUT2D eigenvalue weighted by molar-refractivity contribution is -0.135. The molecule has 310 valence electrons. The Kier molecular flexibility index (Phi) is 10.8. The van der Waals surface area contributed by atoms with Crippen molar-refractivity contribution in [2.75, 3.05) is 63.3 Å². The highest BCUT2D eigenvalue weighted by atomic mass is 16.5. The number of nitrogens with zero attached hydrogens (tertiary/aromatic N) is 7. The van der Waals surface area contributed by atoms with Gasteiger partial charge in [0, 0.05) is 62.9 Å². The second kappa shape index (κ2) is 16.5. The molecular weight excluding hydrogens is 755 g/mol. The van der Waals surface area contributed by atoms with Gasteiger partial charge in [0.05, 0.1) is 47.2 Å². The lowest BCUT2D eigenvalue weighted by Crippen LogP contribution is -2.45. The van der Waals surface area contributed by atoms with Crippen LogP contribution < -0.4 is 30.7 Å². The van der Waals surface area contributed by atoms with E-state index in [9.17, 15) is 19.2 Å². The number of imide groups is 1. The number of fused-ring (bicyclic) bond motifs is 5. The van der Waals surface area contributed by atoms with E-state index < -0.39 is 11.9 Å². The van der Waals surface area contributed by atoms with E-state index >= 15 is 0 Å². The fraction of sp³-hybridized carbons (Fsp3) is 0.488. The minimum atomic E-state index is -0.701. The molecule has 3 aromatic heterocycles. The summed E-state index contributed by atoms with van der Waals surface area (Å²) in [6.07, 6.45) is 8.97. The van der Waals surface area contributed by atoms with E-state index in [4.69, 9.17) is 19.3 Å². The van der Waals surface area contributed by atoms with Gasteiger partial charge in [-0.25, -0.2) is 9.78 Å². The van der Waals surface area contributed by atoms with Crippen LogP contribution in [-0.4, -0.2) is 106 Å². The molecular formula is C43H51N9O7. The molecule has 16 nitrogen and oxygen atoms in total. The molecule has 3 fully saturated rings. The number of hydrogen-bond donors (Lipinski definition) is 2. The van der Waals surface area contributed by atoms with Crippen LogP contribution >= 0.6 is 0 Å². The van der Waals surface area contributed by atoms with Crippen LogP contribution in [0.25, 0.3) is 21.9 Å². The number of imidazole rings is 1. The highest BCUT2D eigenvalue weighted by Gasteiger charge is 2.33. The molecule has 1 aliphatic carbocycles.